The van der Waals surface area contributed by atoms with Gasteiger partial charge in [0.15, 0.2) is 5.13 Å². The molecule has 2 aromatic rings. The van der Waals surface area contributed by atoms with E-state index in [1.165, 1.54) is 17.0 Å². The van der Waals surface area contributed by atoms with Crippen LogP contribution in [0.3, 0.4) is 0 Å². The number of piperazine rings is 1. The zero-order valence-electron chi connectivity index (χ0n) is 12.7. The van der Waals surface area contributed by atoms with Crippen molar-refractivity contribution >= 4 is 16.5 Å². The summed E-state index contributed by atoms with van der Waals surface area (Å²) in [5.74, 6) is 0.456. The number of aromatic nitrogens is 3. The van der Waals surface area contributed by atoms with Crippen molar-refractivity contribution in [1.82, 2.24) is 19.4 Å². The molecule has 0 aliphatic carbocycles. The molecule has 1 atom stereocenters. The molecule has 126 valence electrons. The Morgan fingerprint density at radius 3 is 2.74 bits per heavy atom. The molecule has 3 heterocycles. The van der Waals surface area contributed by atoms with Crippen LogP contribution in [-0.4, -0.2) is 51.3 Å². The quantitative estimate of drug-likeness (QED) is 0.854. The summed E-state index contributed by atoms with van der Waals surface area (Å²) in [6.45, 7) is 3.92. The van der Waals surface area contributed by atoms with Crippen LogP contribution in [-0.2, 0) is 13.1 Å². The van der Waals surface area contributed by atoms with E-state index in [1.807, 2.05) is 5.38 Å². The van der Waals surface area contributed by atoms with Crippen molar-refractivity contribution in [2.75, 3.05) is 24.5 Å². The van der Waals surface area contributed by atoms with Crippen LogP contribution in [0.4, 0.5) is 18.3 Å². The fourth-order valence-corrected chi connectivity index (χ4v) is 3.62. The monoisotopic (exact) mass is 345 g/mol. The van der Waals surface area contributed by atoms with Gasteiger partial charge in [0.05, 0.1) is 6.54 Å². The summed E-state index contributed by atoms with van der Waals surface area (Å²) in [7, 11) is 0. The van der Waals surface area contributed by atoms with Gasteiger partial charge in [0.2, 0.25) is 0 Å². The maximum absolute atomic E-state index is 12.6. The zero-order valence-corrected chi connectivity index (χ0v) is 13.5. The first-order chi connectivity index (χ1) is 10.9. The highest BCUT2D eigenvalue weighted by Crippen LogP contribution is 2.24. The van der Waals surface area contributed by atoms with Gasteiger partial charge in [-0.15, -0.1) is 11.3 Å². The van der Waals surface area contributed by atoms with E-state index >= 15 is 0 Å². The van der Waals surface area contributed by atoms with Crippen molar-refractivity contribution in [3.63, 3.8) is 0 Å². The van der Waals surface area contributed by atoms with Gasteiger partial charge in [-0.3, -0.25) is 4.90 Å². The molecule has 0 radical (unpaired) electrons. The molecular formula is C14H18F3N5S. The molecule has 1 aliphatic heterocycles. The second-order valence-corrected chi connectivity index (χ2v) is 6.55. The largest absolute Gasteiger partial charge is 0.406 e. The Balaban J connectivity index is 1.61. The lowest BCUT2D eigenvalue weighted by Gasteiger charge is -2.39. The first-order valence-electron chi connectivity index (χ1n) is 7.37. The van der Waals surface area contributed by atoms with E-state index < -0.39 is 12.7 Å². The van der Waals surface area contributed by atoms with Crippen LogP contribution in [0, 0.1) is 0 Å². The predicted molar refractivity (Wildman–Crippen MR) is 82.5 cm³/mol. The molecule has 0 amide bonds. The van der Waals surface area contributed by atoms with Crippen LogP contribution < -0.4 is 4.90 Å². The molecule has 1 unspecified atom stereocenters. The fraction of sp³-hybridized carbons (Fsp3) is 0.571. The van der Waals surface area contributed by atoms with Crippen molar-refractivity contribution in [1.29, 1.82) is 0 Å². The van der Waals surface area contributed by atoms with E-state index in [1.54, 1.807) is 17.5 Å². The summed E-state index contributed by atoms with van der Waals surface area (Å²) in [5, 5.41) is 2.94. The minimum absolute atomic E-state index is 0.265. The number of halogens is 3. The third-order valence-electron chi connectivity index (χ3n) is 3.89. The van der Waals surface area contributed by atoms with E-state index in [9.17, 15) is 13.2 Å². The lowest BCUT2D eigenvalue weighted by atomic mass is 10.2. The second-order valence-electron chi connectivity index (χ2n) is 5.68. The molecule has 23 heavy (non-hydrogen) atoms. The molecule has 0 bridgehead atoms. The number of hydrogen-bond donors (Lipinski definition) is 0. The summed E-state index contributed by atoms with van der Waals surface area (Å²) in [4.78, 5) is 12.8. The van der Waals surface area contributed by atoms with E-state index in [0.29, 0.717) is 12.4 Å². The molecule has 0 spiro atoms. The van der Waals surface area contributed by atoms with E-state index in [0.717, 1.165) is 24.8 Å². The summed E-state index contributed by atoms with van der Waals surface area (Å²) >= 11 is 1.60. The third kappa shape index (κ3) is 4.03. The molecular weight excluding hydrogens is 327 g/mol. The van der Waals surface area contributed by atoms with E-state index in [2.05, 4.69) is 26.7 Å². The molecule has 1 aliphatic rings. The maximum Gasteiger partial charge on any atom is 0.406 e. The van der Waals surface area contributed by atoms with Crippen LogP contribution in [0.1, 0.15) is 12.7 Å². The minimum Gasteiger partial charge on any atom is -0.343 e. The van der Waals surface area contributed by atoms with Gasteiger partial charge in [-0.05, 0) is 6.92 Å². The van der Waals surface area contributed by atoms with Gasteiger partial charge in [-0.2, -0.15) is 13.2 Å². The van der Waals surface area contributed by atoms with E-state index in [4.69, 9.17) is 0 Å². The Morgan fingerprint density at radius 1 is 1.26 bits per heavy atom. The molecule has 1 fully saturated rings. The summed E-state index contributed by atoms with van der Waals surface area (Å²) in [5.41, 5.74) is 0. The summed E-state index contributed by atoms with van der Waals surface area (Å²) < 4.78 is 38.9. The van der Waals surface area contributed by atoms with Crippen LogP contribution >= 0.6 is 11.3 Å². The lowest BCUT2D eigenvalue weighted by molar-refractivity contribution is -0.141. The predicted octanol–water partition coefficient (Wildman–Crippen LogP) is 2.61. The van der Waals surface area contributed by atoms with Gasteiger partial charge in [-0.25, -0.2) is 9.97 Å². The number of thiazole rings is 1. The SMILES string of the molecule is CC1CN(Cc2nccn2CC(F)(F)F)CCN1c1nccs1. The average Bonchev–Trinajstić information content (AvgIpc) is 3.10. The Hall–Kier alpha value is -1.61. The minimum atomic E-state index is -4.23. The Morgan fingerprint density at radius 2 is 2.09 bits per heavy atom. The van der Waals surface area contributed by atoms with E-state index in [-0.39, 0.29) is 6.04 Å². The Bertz CT molecular complexity index is 625. The number of hydrogen-bond acceptors (Lipinski definition) is 5. The zero-order chi connectivity index (χ0) is 16.4. The van der Waals surface area contributed by atoms with Crippen LogP contribution in [0.2, 0.25) is 0 Å². The molecule has 0 aromatic carbocycles. The highest BCUT2D eigenvalue weighted by molar-refractivity contribution is 7.13. The molecule has 2 aromatic heterocycles. The molecule has 0 saturated carbocycles. The molecule has 0 N–H and O–H groups in total. The summed E-state index contributed by atoms with van der Waals surface area (Å²) in [6, 6.07) is 0.265. The number of imidazole rings is 1. The number of rotatable bonds is 4. The molecule has 5 nitrogen and oxygen atoms in total. The normalized spacial score (nSPS) is 20.2. The second kappa shape index (κ2) is 6.48. The average molecular weight is 345 g/mol. The summed E-state index contributed by atoms with van der Waals surface area (Å²) in [6.07, 6.45) is 0.369. The maximum atomic E-state index is 12.6. The van der Waals surface area contributed by atoms with Crippen LogP contribution in [0.25, 0.3) is 0 Å². The van der Waals surface area contributed by atoms with Gasteiger partial charge < -0.3 is 9.47 Å². The van der Waals surface area contributed by atoms with Crippen molar-refractivity contribution < 1.29 is 13.2 Å². The molecule has 3 rings (SSSR count). The molecule has 1 saturated heterocycles. The van der Waals surface area contributed by atoms with Crippen molar-refractivity contribution in [3.8, 4) is 0 Å². The molecule has 9 heteroatoms. The van der Waals surface area contributed by atoms with Gasteiger partial charge in [0, 0.05) is 49.6 Å². The van der Waals surface area contributed by atoms with Gasteiger partial charge in [-0.1, -0.05) is 0 Å². The van der Waals surface area contributed by atoms with Crippen LogP contribution in [0.5, 0.6) is 0 Å². The Kier molecular flexibility index (Phi) is 4.58. The van der Waals surface area contributed by atoms with Gasteiger partial charge >= 0.3 is 6.18 Å². The highest BCUT2D eigenvalue weighted by Gasteiger charge is 2.30. The van der Waals surface area contributed by atoms with Crippen molar-refractivity contribution in [2.45, 2.75) is 32.2 Å². The highest BCUT2D eigenvalue weighted by atomic mass is 32.1. The fourth-order valence-electron chi connectivity index (χ4n) is 2.85. The lowest BCUT2D eigenvalue weighted by Crippen LogP contribution is -2.51. The number of anilines is 1. The van der Waals surface area contributed by atoms with Crippen molar-refractivity contribution in [3.05, 3.63) is 29.8 Å². The first kappa shape index (κ1) is 16.3. The smallest absolute Gasteiger partial charge is 0.343 e. The van der Waals surface area contributed by atoms with Crippen molar-refractivity contribution in [2.24, 2.45) is 0 Å². The number of nitrogens with zero attached hydrogens (tertiary/aromatic N) is 5. The van der Waals surface area contributed by atoms with Gasteiger partial charge in [0.25, 0.3) is 0 Å². The third-order valence-corrected chi connectivity index (χ3v) is 4.70. The Labute approximate surface area is 136 Å². The topological polar surface area (TPSA) is 37.2 Å². The van der Waals surface area contributed by atoms with Gasteiger partial charge in [0.1, 0.15) is 12.4 Å². The first-order valence-corrected chi connectivity index (χ1v) is 8.25. The van der Waals surface area contributed by atoms with Crippen LogP contribution in [0.15, 0.2) is 24.0 Å². The number of alkyl halides is 3. The standard InChI is InChI=1S/C14H18F3N5S/c1-11-8-20(5-6-22(11)13-19-3-7-23-13)9-12-18-2-4-21(12)10-14(15,16)17/h2-4,7,11H,5-6,8-10H2,1H3.